The van der Waals surface area contributed by atoms with Gasteiger partial charge in [0.05, 0.1) is 0 Å². The molecule has 1 fully saturated rings. The van der Waals surface area contributed by atoms with Gasteiger partial charge in [-0.05, 0) is 29.8 Å². The van der Waals surface area contributed by atoms with E-state index in [0.717, 1.165) is 6.08 Å². The van der Waals surface area contributed by atoms with Crippen molar-refractivity contribution >= 4 is 18.0 Å². The lowest BCUT2D eigenvalue weighted by molar-refractivity contribution is -0.170. The number of carbonyl (C=O) groups is 2. The molecule has 1 saturated heterocycles. The molecule has 1 aromatic carbocycles. The Balaban J connectivity index is 1.68. The Hall–Kier alpha value is -2.84. The Morgan fingerprint density at radius 1 is 1.30 bits per heavy atom. The van der Waals surface area contributed by atoms with Gasteiger partial charge in [-0.3, -0.25) is 0 Å². The molecular weight excluding hydrogens is 356 g/mol. The topological polar surface area (TPSA) is 123 Å². The molecule has 8 nitrogen and oxygen atoms in total. The summed E-state index contributed by atoms with van der Waals surface area (Å²) in [6, 6.07) is 4.05. The third-order valence-corrected chi connectivity index (χ3v) is 4.24. The quantitative estimate of drug-likeness (QED) is 0.313. The molecular formula is C19H20O8. The van der Waals surface area contributed by atoms with Crippen molar-refractivity contribution in [3.8, 4) is 11.5 Å². The molecule has 144 valence electrons. The van der Waals surface area contributed by atoms with Gasteiger partial charge in [0.25, 0.3) is 0 Å². The lowest BCUT2D eigenvalue weighted by Crippen LogP contribution is -2.47. The molecule has 1 spiro atoms. The number of rotatable bonds is 3. The van der Waals surface area contributed by atoms with E-state index >= 15 is 0 Å². The van der Waals surface area contributed by atoms with Crippen LogP contribution in [0.15, 0.2) is 36.4 Å². The molecule has 27 heavy (non-hydrogen) atoms. The van der Waals surface area contributed by atoms with E-state index in [2.05, 4.69) is 0 Å². The van der Waals surface area contributed by atoms with Crippen molar-refractivity contribution in [2.24, 2.45) is 0 Å². The number of esters is 2. The minimum Gasteiger partial charge on any atom is -0.504 e. The molecule has 3 rings (SSSR count). The third-order valence-electron chi connectivity index (χ3n) is 4.24. The molecule has 0 aromatic heterocycles. The van der Waals surface area contributed by atoms with Gasteiger partial charge in [0.2, 0.25) is 5.79 Å². The summed E-state index contributed by atoms with van der Waals surface area (Å²) >= 11 is 0. The Kier molecular flexibility index (Phi) is 4.71. The normalized spacial score (nSPS) is 29.2. The summed E-state index contributed by atoms with van der Waals surface area (Å²) in [5, 5.41) is 28.8. The number of carbonyl (C=O) groups excluding carboxylic acids is 2. The maximum absolute atomic E-state index is 12.2. The van der Waals surface area contributed by atoms with Gasteiger partial charge in [-0.2, -0.15) is 0 Å². The second kappa shape index (κ2) is 6.71. The van der Waals surface area contributed by atoms with Crippen molar-refractivity contribution < 1.29 is 39.1 Å². The van der Waals surface area contributed by atoms with Gasteiger partial charge in [-0.1, -0.05) is 12.1 Å². The molecule has 1 aliphatic heterocycles. The van der Waals surface area contributed by atoms with E-state index in [1.165, 1.54) is 36.4 Å². The SMILES string of the molecule is CC1(C)OC(=O)C2(C=CC(O)C(OC(=O)/C=C/c3ccc(O)c(O)c3)C2)O1. The Bertz CT molecular complexity index is 825. The smallest absolute Gasteiger partial charge is 0.345 e. The average Bonchev–Trinajstić information content (AvgIpc) is 2.80. The number of phenols is 2. The van der Waals surface area contributed by atoms with Crippen molar-refractivity contribution in [3.05, 3.63) is 42.0 Å². The average molecular weight is 376 g/mol. The number of aliphatic hydroxyl groups excluding tert-OH is 1. The van der Waals surface area contributed by atoms with Crippen molar-refractivity contribution in [1.82, 2.24) is 0 Å². The molecule has 0 saturated carbocycles. The van der Waals surface area contributed by atoms with Crippen LogP contribution in [-0.2, 0) is 23.8 Å². The number of aromatic hydroxyl groups is 2. The van der Waals surface area contributed by atoms with Gasteiger partial charge >= 0.3 is 11.9 Å². The number of cyclic esters (lactones) is 1. The molecule has 0 bridgehead atoms. The van der Waals surface area contributed by atoms with E-state index in [4.69, 9.17) is 14.2 Å². The minimum absolute atomic E-state index is 0.0769. The van der Waals surface area contributed by atoms with E-state index in [9.17, 15) is 24.9 Å². The first-order valence-electron chi connectivity index (χ1n) is 8.32. The predicted octanol–water partition coefficient (Wildman–Crippen LogP) is 1.39. The molecule has 2 aliphatic rings. The number of aliphatic hydroxyl groups is 1. The van der Waals surface area contributed by atoms with Crippen LogP contribution in [0.2, 0.25) is 0 Å². The maximum atomic E-state index is 12.2. The first-order valence-corrected chi connectivity index (χ1v) is 8.32. The van der Waals surface area contributed by atoms with Gasteiger partial charge in [0.15, 0.2) is 17.1 Å². The van der Waals surface area contributed by atoms with Crippen LogP contribution in [0.5, 0.6) is 11.5 Å². The molecule has 3 atom stereocenters. The van der Waals surface area contributed by atoms with Crippen LogP contribution in [0.4, 0.5) is 0 Å². The number of benzene rings is 1. The minimum atomic E-state index is -1.40. The lowest BCUT2D eigenvalue weighted by atomic mass is 9.87. The monoisotopic (exact) mass is 376 g/mol. The number of ether oxygens (including phenoxy) is 3. The van der Waals surface area contributed by atoms with Crippen LogP contribution in [0.3, 0.4) is 0 Å². The maximum Gasteiger partial charge on any atom is 0.345 e. The fourth-order valence-corrected chi connectivity index (χ4v) is 3.01. The second-order valence-electron chi connectivity index (χ2n) is 6.89. The highest BCUT2D eigenvalue weighted by atomic mass is 16.8. The Morgan fingerprint density at radius 2 is 2.04 bits per heavy atom. The molecule has 8 heteroatoms. The highest BCUT2D eigenvalue weighted by molar-refractivity contribution is 5.88. The summed E-state index contributed by atoms with van der Waals surface area (Å²) in [7, 11) is 0. The highest BCUT2D eigenvalue weighted by Gasteiger charge is 2.56. The molecule has 0 radical (unpaired) electrons. The van der Waals surface area contributed by atoms with Crippen LogP contribution in [0.1, 0.15) is 25.8 Å². The summed E-state index contributed by atoms with van der Waals surface area (Å²) in [6.45, 7) is 3.19. The Labute approximate surface area is 155 Å². The zero-order valence-electron chi connectivity index (χ0n) is 14.8. The number of hydrogen-bond acceptors (Lipinski definition) is 8. The number of phenolic OH excluding ortho intramolecular Hbond substituents is 2. The van der Waals surface area contributed by atoms with Crippen molar-refractivity contribution in [2.45, 2.75) is 43.9 Å². The van der Waals surface area contributed by atoms with E-state index in [1.54, 1.807) is 13.8 Å². The van der Waals surface area contributed by atoms with Crippen LogP contribution >= 0.6 is 0 Å². The highest BCUT2D eigenvalue weighted by Crippen LogP contribution is 2.40. The van der Waals surface area contributed by atoms with E-state index in [0.29, 0.717) is 5.56 Å². The van der Waals surface area contributed by atoms with E-state index in [1.807, 2.05) is 0 Å². The van der Waals surface area contributed by atoms with Gasteiger partial charge in [0, 0.05) is 26.3 Å². The Morgan fingerprint density at radius 3 is 2.67 bits per heavy atom. The summed E-state index contributed by atoms with van der Waals surface area (Å²) in [4.78, 5) is 24.3. The molecule has 1 aromatic rings. The van der Waals surface area contributed by atoms with Crippen LogP contribution < -0.4 is 0 Å². The predicted molar refractivity (Wildman–Crippen MR) is 92.4 cm³/mol. The van der Waals surface area contributed by atoms with Crippen LogP contribution in [0.25, 0.3) is 6.08 Å². The van der Waals surface area contributed by atoms with Gasteiger partial charge in [-0.15, -0.1) is 0 Å². The van der Waals surface area contributed by atoms with Gasteiger partial charge < -0.3 is 29.5 Å². The van der Waals surface area contributed by atoms with Crippen LogP contribution in [0, 0.1) is 0 Å². The number of hydrogen-bond donors (Lipinski definition) is 3. The summed E-state index contributed by atoms with van der Waals surface area (Å²) in [5.74, 6) is -3.06. The molecule has 0 amide bonds. The van der Waals surface area contributed by atoms with Crippen molar-refractivity contribution in [2.75, 3.05) is 0 Å². The zero-order chi connectivity index (χ0) is 19.8. The van der Waals surface area contributed by atoms with Gasteiger partial charge in [0.1, 0.15) is 12.2 Å². The summed E-state index contributed by atoms with van der Waals surface area (Å²) < 4.78 is 16.1. The fourth-order valence-electron chi connectivity index (χ4n) is 3.01. The van der Waals surface area contributed by atoms with E-state index < -0.39 is 35.5 Å². The van der Waals surface area contributed by atoms with E-state index in [-0.39, 0.29) is 17.9 Å². The molecule has 3 unspecified atom stereocenters. The van der Waals surface area contributed by atoms with Crippen LogP contribution in [-0.4, -0.2) is 50.9 Å². The fraction of sp³-hybridized carbons (Fsp3) is 0.368. The summed E-state index contributed by atoms with van der Waals surface area (Å²) in [5.41, 5.74) is -0.938. The zero-order valence-corrected chi connectivity index (χ0v) is 14.8. The standard InChI is InChI=1S/C19H20O8/c1-18(2)26-17(24)19(27-18)8-7-13(21)15(10-19)25-16(23)6-4-11-3-5-12(20)14(22)9-11/h3-9,13,15,20-22H,10H2,1-2H3/b6-4+. The third kappa shape index (κ3) is 3.96. The van der Waals surface area contributed by atoms with Crippen molar-refractivity contribution in [3.63, 3.8) is 0 Å². The summed E-state index contributed by atoms with van der Waals surface area (Å²) in [6.07, 6.45) is 3.09. The first-order chi connectivity index (χ1) is 12.6. The largest absolute Gasteiger partial charge is 0.504 e. The molecule has 3 N–H and O–H groups in total. The lowest BCUT2D eigenvalue weighted by Gasteiger charge is -2.32. The second-order valence-corrected chi connectivity index (χ2v) is 6.89. The molecule has 1 heterocycles. The molecule has 1 aliphatic carbocycles. The van der Waals surface area contributed by atoms with Crippen molar-refractivity contribution in [1.29, 1.82) is 0 Å². The van der Waals surface area contributed by atoms with Gasteiger partial charge in [-0.25, -0.2) is 9.59 Å². The first kappa shape index (κ1) is 18.9.